The molecular weight excluding hydrogens is 428 g/mol. The van der Waals surface area contributed by atoms with E-state index in [1.807, 2.05) is 30.3 Å². The Morgan fingerprint density at radius 2 is 2.12 bits per heavy atom. The second kappa shape index (κ2) is 8.60. The average molecular weight is 451 g/mol. The lowest BCUT2D eigenvalue weighted by Gasteiger charge is -2.24. The number of benzene rings is 2. The SMILES string of the molecule is COc1ccc2c(c1)CC(c1nc3c(OCCO)cc(-c4ccnc(N)n4)cc3s1)CO2. The van der Waals surface area contributed by atoms with E-state index in [1.165, 1.54) is 0 Å². The van der Waals surface area contributed by atoms with Gasteiger partial charge in [0.25, 0.3) is 0 Å². The fraction of sp³-hybridized carbons (Fsp3) is 0.261. The van der Waals surface area contributed by atoms with Gasteiger partial charge >= 0.3 is 0 Å². The van der Waals surface area contributed by atoms with E-state index in [9.17, 15) is 5.11 Å². The number of nitrogen functional groups attached to an aromatic ring is 1. The van der Waals surface area contributed by atoms with Crippen molar-refractivity contribution < 1.29 is 19.3 Å². The van der Waals surface area contributed by atoms with Crippen LogP contribution >= 0.6 is 11.3 Å². The molecule has 0 saturated carbocycles. The third-order valence-corrected chi connectivity index (χ3v) is 6.48. The van der Waals surface area contributed by atoms with Crippen LogP contribution in [-0.2, 0) is 6.42 Å². The quantitative estimate of drug-likeness (QED) is 0.459. The Labute approximate surface area is 188 Å². The first-order valence-electron chi connectivity index (χ1n) is 10.2. The van der Waals surface area contributed by atoms with E-state index < -0.39 is 0 Å². The van der Waals surface area contributed by atoms with Crippen molar-refractivity contribution in [2.24, 2.45) is 0 Å². The molecule has 5 rings (SSSR count). The highest BCUT2D eigenvalue weighted by Crippen LogP contribution is 2.40. The number of methoxy groups -OCH3 is 1. The Morgan fingerprint density at radius 3 is 2.94 bits per heavy atom. The largest absolute Gasteiger partial charge is 0.497 e. The molecule has 0 fully saturated rings. The molecule has 4 aromatic rings. The van der Waals surface area contributed by atoms with Crippen LogP contribution < -0.4 is 19.9 Å². The zero-order valence-electron chi connectivity index (χ0n) is 17.4. The predicted octanol–water partition coefficient (Wildman–Crippen LogP) is 3.43. The smallest absolute Gasteiger partial charge is 0.220 e. The summed E-state index contributed by atoms with van der Waals surface area (Å²) < 4.78 is 18.2. The van der Waals surface area contributed by atoms with Gasteiger partial charge in [-0.2, -0.15) is 0 Å². The van der Waals surface area contributed by atoms with Crippen LogP contribution in [0.5, 0.6) is 17.2 Å². The summed E-state index contributed by atoms with van der Waals surface area (Å²) in [6.07, 6.45) is 2.44. The van der Waals surface area contributed by atoms with Gasteiger partial charge < -0.3 is 25.1 Å². The van der Waals surface area contributed by atoms with E-state index in [0.717, 1.165) is 44.3 Å². The number of anilines is 1. The van der Waals surface area contributed by atoms with Crippen LogP contribution in [-0.4, -0.2) is 47.0 Å². The van der Waals surface area contributed by atoms with Crippen LogP contribution in [0, 0.1) is 0 Å². The summed E-state index contributed by atoms with van der Waals surface area (Å²) in [6.45, 7) is 0.649. The second-order valence-corrected chi connectivity index (χ2v) is 8.49. The lowest BCUT2D eigenvalue weighted by Crippen LogP contribution is -2.19. The molecule has 8 nitrogen and oxygen atoms in total. The molecule has 1 atom stereocenters. The topological polar surface area (TPSA) is 113 Å². The van der Waals surface area contributed by atoms with Crippen LogP contribution in [0.4, 0.5) is 5.95 Å². The van der Waals surface area contributed by atoms with Gasteiger partial charge in [-0.1, -0.05) is 0 Å². The summed E-state index contributed by atoms with van der Waals surface area (Å²) in [5.41, 5.74) is 9.19. The second-order valence-electron chi connectivity index (χ2n) is 7.43. The van der Waals surface area contributed by atoms with Gasteiger partial charge in [-0.15, -0.1) is 11.3 Å². The molecule has 0 bridgehead atoms. The standard InChI is InChI=1S/C23H22N4O4S/c1-29-16-2-3-18-14(9-16)8-15(12-31-18)22-27-21-19(30-7-6-28)10-13(11-20(21)32-22)17-4-5-25-23(24)26-17/h2-5,9-11,15,28H,6-8,12H2,1H3,(H2,24,25,26). The molecule has 3 heterocycles. The highest BCUT2D eigenvalue weighted by molar-refractivity contribution is 7.18. The predicted molar refractivity (Wildman–Crippen MR) is 123 cm³/mol. The van der Waals surface area contributed by atoms with Crippen LogP contribution in [0.15, 0.2) is 42.6 Å². The Bertz CT molecular complexity index is 1280. The molecule has 2 aromatic carbocycles. The summed E-state index contributed by atoms with van der Waals surface area (Å²) in [5.74, 6) is 2.63. The molecule has 0 aliphatic carbocycles. The maximum atomic E-state index is 9.26. The van der Waals surface area contributed by atoms with E-state index in [-0.39, 0.29) is 25.1 Å². The number of rotatable bonds is 6. The molecule has 1 aliphatic heterocycles. The summed E-state index contributed by atoms with van der Waals surface area (Å²) in [7, 11) is 1.66. The van der Waals surface area contributed by atoms with Gasteiger partial charge in [0.15, 0.2) is 0 Å². The lowest BCUT2D eigenvalue weighted by molar-refractivity contribution is 0.202. The summed E-state index contributed by atoms with van der Waals surface area (Å²) in [5, 5.41) is 10.2. The molecule has 1 aliphatic rings. The highest BCUT2D eigenvalue weighted by atomic mass is 32.1. The number of fused-ring (bicyclic) bond motifs is 2. The molecule has 0 spiro atoms. The van der Waals surface area contributed by atoms with Gasteiger partial charge in [-0.3, -0.25) is 0 Å². The Kier molecular flexibility index (Phi) is 5.50. The average Bonchev–Trinajstić information content (AvgIpc) is 3.26. The lowest BCUT2D eigenvalue weighted by atomic mass is 9.97. The van der Waals surface area contributed by atoms with Crippen molar-refractivity contribution in [2.75, 3.05) is 32.7 Å². The zero-order chi connectivity index (χ0) is 22.1. The van der Waals surface area contributed by atoms with Gasteiger partial charge in [0.1, 0.15) is 34.4 Å². The zero-order valence-corrected chi connectivity index (χ0v) is 18.3. The fourth-order valence-corrected chi connectivity index (χ4v) is 4.90. The van der Waals surface area contributed by atoms with E-state index in [2.05, 4.69) is 9.97 Å². The maximum Gasteiger partial charge on any atom is 0.220 e. The molecule has 1 unspecified atom stereocenters. The van der Waals surface area contributed by atoms with Crippen LogP contribution in [0.25, 0.3) is 21.5 Å². The first kappa shape index (κ1) is 20.5. The van der Waals surface area contributed by atoms with E-state index in [4.69, 9.17) is 24.9 Å². The molecule has 9 heteroatoms. The van der Waals surface area contributed by atoms with Gasteiger partial charge in [0, 0.05) is 17.7 Å². The minimum atomic E-state index is -0.0851. The van der Waals surface area contributed by atoms with Crippen LogP contribution in [0.3, 0.4) is 0 Å². The molecular formula is C23H22N4O4S. The maximum absolute atomic E-state index is 9.26. The molecule has 32 heavy (non-hydrogen) atoms. The van der Waals surface area contributed by atoms with Crippen molar-refractivity contribution in [3.8, 4) is 28.5 Å². The first-order valence-corrected chi connectivity index (χ1v) is 11.0. The number of hydrogen-bond acceptors (Lipinski definition) is 9. The summed E-state index contributed by atoms with van der Waals surface area (Å²) in [4.78, 5) is 13.2. The molecule has 0 amide bonds. The molecule has 164 valence electrons. The fourth-order valence-electron chi connectivity index (χ4n) is 3.80. The normalized spacial score (nSPS) is 15.2. The number of nitrogens with two attached hydrogens (primary N) is 1. The third kappa shape index (κ3) is 3.92. The number of nitrogens with zero attached hydrogens (tertiary/aromatic N) is 3. The number of aromatic nitrogens is 3. The van der Waals surface area contributed by atoms with Crippen molar-refractivity contribution in [3.05, 3.63) is 53.2 Å². The first-order chi connectivity index (χ1) is 15.6. The van der Waals surface area contributed by atoms with Crippen molar-refractivity contribution in [1.82, 2.24) is 15.0 Å². The summed E-state index contributed by atoms with van der Waals surface area (Å²) >= 11 is 1.61. The number of hydrogen-bond donors (Lipinski definition) is 2. The van der Waals surface area contributed by atoms with Crippen LogP contribution in [0.1, 0.15) is 16.5 Å². The van der Waals surface area contributed by atoms with E-state index in [0.29, 0.717) is 18.1 Å². The third-order valence-electron chi connectivity index (χ3n) is 5.32. The van der Waals surface area contributed by atoms with Crippen molar-refractivity contribution in [3.63, 3.8) is 0 Å². The molecule has 3 N–H and O–H groups in total. The number of aliphatic hydroxyl groups excluding tert-OH is 1. The number of ether oxygens (including phenoxy) is 3. The molecule has 2 aromatic heterocycles. The Hall–Kier alpha value is -3.43. The van der Waals surface area contributed by atoms with E-state index in [1.54, 1.807) is 30.7 Å². The van der Waals surface area contributed by atoms with Crippen molar-refractivity contribution in [1.29, 1.82) is 0 Å². The number of thiazole rings is 1. The van der Waals surface area contributed by atoms with Gasteiger partial charge in [-0.25, -0.2) is 15.0 Å². The van der Waals surface area contributed by atoms with Gasteiger partial charge in [0.05, 0.1) is 30.7 Å². The minimum absolute atomic E-state index is 0.0851. The van der Waals surface area contributed by atoms with Gasteiger partial charge in [-0.05, 0) is 48.4 Å². The molecule has 0 saturated heterocycles. The van der Waals surface area contributed by atoms with Crippen LogP contribution in [0.2, 0.25) is 0 Å². The van der Waals surface area contributed by atoms with Crippen molar-refractivity contribution >= 4 is 27.5 Å². The minimum Gasteiger partial charge on any atom is -0.497 e. The monoisotopic (exact) mass is 450 g/mol. The van der Waals surface area contributed by atoms with E-state index >= 15 is 0 Å². The number of aliphatic hydroxyl groups is 1. The van der Waals surface area contributed by atoms with Gasteiger partial charge in [0.2, 0.25) is 5.95 Å². The van der Waals surface area contributed by atoms with Crippen molar-refractivity contribution in [2.45, 2.75) is 12.3 Å². The Balaban J connectivity index is 1.53. The summed E-state index contributed by atoms with van der Waals surface area (Å²) in [6, 6.07) is 11.6. The Morgan fingerprint density at radius 1 is 1.22 bits per heavy atom. The highest BCUT2D eigenvalue weighted by Gasteiger charge is 2.26. The molecule has 0 radical (unpaired) electrons.